The SMILES string of the molecule is CCCCC[C@H]1Cc2cc(OC)c(OC)cc2[C@@H](C[C@H](O)C=Cc2ccc(F)cc2F)N1. The van der Waals surface area contributed by atoms with Crippen LogP contribution in [-0.4, -0.2) is 31.5 Å². The topological polar surface area (TPSA) is 50.7 Å². The van der Waals surface area contributed by atoms with Crippen LogP contribution >= 0.6 is 0 Å². The molecular weight excluding hydrogens is 412 g/mol. The molecule has 0 unspecified atom stereocenters. The minimum Gasteiger partial charge on any atom is -0.493 e. The van der Waals surface area contributed by atoms with Crippen LogP contribution in [0.2, 0.25) is 0 Å². The van der Waals surface area contributed by atoms with Crippen molar-refractivity contribution < 1.29 is 23.4 Å². The summed E-state index contributed by atoms with van der Waals surface area (Å²) in [5.74, 6) is 0.0800. The third-order valence-electron chi connectivity index (χ3n) is 6.02. The minimum absolute atomic E-state index is 0.0807. The van der Waals surface area contributed by atoms with Gasteiger partial charge in [-0.2, -0.15) is 0 Å². The van der Waals surface area contributed by atoms with Gasteiger partial charge in [-0.25, -0.2) is 8.78 Å². The van der Waals surface area contributed by atoms with Gasteiger partial charge in [-0.05, 0) is 54.7 Å². The molecule has 32 heavy (non-hydrogen) atoms. The zero-order valence-electron chi connectivity index (χ0n) is 19.0. The Morgan fingerprint density at radius 1 is 1.12 bits per heavy atom. The highest BCUT2D eigenvalue weighted by atomic mass is 19.1. The average molecular weight is 446 g/mol. The van der Waals surface area contributed by atoms with Gasteiger partial charge in [-0.3, -0.25) is 0 Å². The second kappa shape index (κ2) is 11.4. The fourth-order valence-electron chi connectivity index (χ4n) is 4.33. The maximum Gasteiger partial charge on any atom is 0.161 e. The number of halogens is 2. The highest BCUT2D eigenvalue weighted by Gasteiger charge is 2.29. The van der Waals surface area contributed by atoms with Crippen molar-refractivity contribution in [2.75, 3.05) is 14.2 Å². The molecule has 2 N–H and O–H groups in total. The highest BCUT2D eigenvalue weighted by Crippen LogP contribution is 2.38. The van der Waals surface area contributed by atoms with Crippen LogP contribution in [0.4, 0.5) is 8.78 Å². The highest BCUT2D eigenvalue weighted by molar-refractivity contribution is 5.51. The standard InChI is InChI=1S/C26H33F2NO3/c1-4-5-6-7-20-12-18-13-25(31-2)26(32-3)16-22(18)24(29-20)15-21(30)11-9-17-8-10-19(27)14-23(17)28/h8-11,13-14,16,20-21,24,29-30H,4-7,12,15H2,1-3H3/t20-,21+,24+/m0/s1. The van der Waals surface area contributed by atoms with Gasteiger partial charge in [0.25, 0.3) is 0 Å². The zero-order valence-corrected chi connectivity index (χ0v) is 19.0. The molecule has 0 aromatic heterocycles. The Morgan fingerprint density at radius 3 is 2.56 bits per heavy atom. The molecule has 174 valence electrons. The van der Waals surface area contributed by atoms with Crippen molar-refractivity contribution in [3.8, 4) is 11.5 Å². The van der Waals surface area contributed by atoms with Gasteiger partial charge in [0, 0.05) is 23.7 Å². The number of rotatable bonds is 10. The second-order valence-electron chi connectivity index (χ2n) is 8.35. The maximum absolute atomic E-state index is 13.9. The molecule has 3 atom stereocenters. The van der Waals surface area contributed by atoms with Crippen molar-refractivity contribution in [1.29, 1.82) is 0 Å². The third-order valence-corrected chi connectivity index (χ3v) is 6.02. The Morgan fingerprint density at radius 2 is 1.88 bits per heavy atom. The molecule has 0 bridgehead atoms. The first-order chi connectivity index (χ1) is 15.4. The summed E-state index contributed by atoms with van der Waals surface area (Å²) in [7, 11) is 3.24. The molecule has 0 saturated carbocycles. The number of aliphatic hydroxyl groups is 1. The molecule has 3 rings (SSSR count). The first kappa shape index (κ1) is 24.2. The number of hydrogen-bond acceptors (Lipinski definition) is 4. The van der Waals surface area contributed by atoms with Crippen molar-refractivity contribution in [2.45, 2.75) is 63.6 Å². The summed E-state index contributed by atoms with van der Waals surface area (Å²) in [5.41, 5.74) is 2.51. The van der Waals surface area contributed by atoms with E-state index in [1.54, 1.807) is 20.3 Å². The van der Waals surface area contributed by atoms with Crippen LogP contribution in [0.15, 0.2) is 36.4 Å². The molecule has 2 aromatic carbocycles. The molecule has 1 aliphatic heterocycles. The van der Waals surface area contributed by atoms with E-state index in [1.807, 2.05) is 12.1 Å². The van der Waals surface area contributed by atoms with Crippen molar-refractivity contribution >= 4 is 6.08 Å². The molecule has 2 aromatic rings. The predicted octanol–water partition coefficient (Wildman–Crippen LogP) is 5.58. The molecule has 6 heteroatoms. The van der Waals surface area contributed by atoms with E-state index >= 15 is 0 Å². The van der Waals surface area contributed by atoms with E-state index in [1.165, 1.54) is 36.6 Å². The van der Waals surface area contributed by atoms with Crippen LogP contribution in [-0.2, 0) is 6.42 Å². The van der Waals surface area contributed by atoms with Crippen molar-refractivity contribution in [3.63, 3.8) is 0 Å². The van der Waals surface area contributed by atoms with Gasteiger partial charge in [-0.1, -0.05) is 38.3 Å². The van der Waals surface area contributed by atoms with E-state index in [2.05, 4.69) is 12.2 Å². The van der Waals surface area contributed by atoms with Crippen LogP contribution < -0.4 is 14.8 Å². The smallest absolute Gasteiger partial charge is 0.161 e. The summed E-state index contributed by atoms with van der Waals surface area (Å²) in [6.45, 7) is 2.19. The number of aliphatic hydroxyl groups excluding tert-OH is 1. The largest absolute Gasteiger partial charge is 0.493 e. The first-order valence-electron chi connectivity index (χ1n) is 11.3. The Labute approximate surface area is 189 Å². The van der Waals surface area contributed by atoms with Crippen molar-refractivity contribution in [3.05, 3.63) is 64.7 Å². The second-order valence-corrected chi connectivity index (χ2v) is 8.35. The third kappa shape index (κ3) is 6.08. The molecule has 1 heterocycles. The van der Waals surface area contributed by atoms with Crippen LogP contribution in [0.5, 0.6) is 11.5 Å². The van der Waals surface area contributed by atoms with Crippen molar-refractivity contribution in [1.82, 2.24) is 5.32 Å². The van der Waals surface area contributed by atoms with Gasteiger partial charge in [0.15, 0.2) is 11.5 Å². The molecular formula is C26H33F2NO3. The maximum atomic E-state index is 13.9. The van der Waals surface area contributed by atoms with Crippen LogP contribution in [0, 0.1) is 11.6 Å². The van der Waals surface area contributed by atoms with E-state index in [-0.39, 0.29) is 11.6 Å². The van der Waals surface area contributed by atoms with Crippen LogP contribution in [0.3, 0.4) is 0 Å². The molecule has 0 fully saturated rings. The number of unbranched alkanes of at least 4 members (excludes halogenated alkanes) is 2. The van der Waals surface area contributed by atoms with E-state index in [0.29, 0.717) is 24.0 Å². The molecule has 0 saturated heterocycles. The molecule has 0 amide bonds. The number of ether oxygens (including phenoxy) is 2. The Hall–Kier alpha value is -2.44. The van der Waals surface area contributed by atoms with Gasteiger partial charge >= 0.3 is 0 Å². The summed E-state index contributed by atoms with van der Waals surface area (Å²) < 4.78 is 38.0. The van der Waals surface area contributed by atoms with Gasteiger partial charge in [-0.15, -0.1) is 0 Å². The number of benzene rings is 2. The fraction of sp³-hybridized carbons (Fsp3) is 0.462. The zero-order chi connectivity index (χ0) is 23.1. The lowest BCUT2D eigenvalue weighted by molar-refractivity contribution is 0.186. The molecule has 1 aliphatic rings. The normalized spacial score (nSPS) is 19.1. The number of nitrogens with one attached hydrogen (secondary N) is 1. The molecule has 0 spiro atoms. The molecule has 4 nitrogen and oxygen atoms in total. The predicted molar refractivity (Wildman–Crippen MR) is 123 cm³/mol. The Kier molecular flexibility index (Phi) is 8.65. The van der Waals surface area contributed by atoms with E-state index in [4.69, 9.17) is 9.47 Å². The van der Waals surface area contributed by atoms with E-state index in [0.717, 1.165) is 30.9 Å². The number of fused-ring (bicyclic) bond motifs is 1. The summed E-state index contributed by atoms with van der Waals surface area (Å²) in [6, 6.07) is 7.64. The Balaban J connectivity index is 1.80. The number of methoxy groups -OCH3 is 2. The van der Waals surface area contributed by atoms with E-state index in [9.17, 15) is 13.9 Å². The lowest BCUT2D eigenvalue weighted by Gasteiger charge is -2.35. The monoisotopic (exact) mass is 445 g/mol. The average Bonchev–Trinajstić information content (AvgIpc) is 2.77. The summed E-state index contributed by atoms with van der Waals surface area (Å²) in [5, 5.41) is 14.4. The summed E-state index contributed by atoms with van der Waals surface area (Å²) in [6.07, 6.45) is 8.13. The summed E-state index contributed by atoms with van der Waals surface area (Å²) >= 11 is 0. The quantitative estimate of drug-likeness (QED) is 0.469. The van der Waals surface area contributed by atoms with Gasteiger partial charge in [0.1, 0.15) is 11.6 Å². The van der Waals surface area contributed by atoms with Gasteiger partial charge in [0.05, 0.1) is 20.3 Å². The Bertz CT molecular complexity index is 932. The lowest BCUT2D eigenvalue weighted by atomic mass is 9.85. The minimum atomic E-state index is -0.799. The van der Waals surface area contributed by atoms with E-state index < -0.39 is 17.7 Å². The fourth-order valence-corrected chi connectivity index (χ4v) is 4.33. The van der Waals surface area contributed by atoms with Crippen LogP contribution in [0.25, 0.3) is 6.08 Å². The van der Waals surface area contributed by atoms with Gasteiger partial charge < -0.3 is 19.9 Å². The lowest BCUT2D eigenvalue weighted by Crippen LogP contribution is -2.40. The first-order valence-corrected chi connectivity index (χ1v) is 11.3. The number of hydrogen-bond donors (Lipinski definition) is 2. The van der Waals surface area contributed by atoms with Gasteiger partial charge in [0.2, 0.25) is 0 Å². The summed E-state index contributed by atoms with van der Waals surface area (Å²) in [4.78, 5) is 0. The molecule has 0 aliphatic carbocycles. The molecule has 0 radical (unpaired) electrons. The van der Waals surface area contributed by atoms with Crippen LogP contribution in [0.1, 0.15) is 61.8 Å². The van der Waals surface area contributed by atoms with Crippen molar-refractivity contribution in [2.24, 2.45) is 0 Å².